The minimum atomic E-state index is -1.92. The molecule has 0 unspecified atom stereocenters. The number of hydrogen-bond donors (Lipinski definition) is 0. The first-order valence-electron chi connectivity index (χ1n) is 5.67. The van der Waals surface area contributed by atoms with Crippen LogP contribution in [0.25, 0.3) is 0 Å². The van der Waals surface area contributed by atoms with Crippen molar-refractivity contribution in [3.05, 3.63) is 6.92 Å². The molecule has 0 aromatic carbocycles. The minimum absolute atomic E-state index is 0.969. The molecule has 91 valence electrons. The van der Waals surface area contributed by atoms with Gasteiger partial charge in [0.2, 0.25) is 0 Å². The van der Waals surface area contributed by atoms with Crippen molar-refractivity contribution in [3.8, 4) is 0 Å². The van der Waals surface area contributed by atoms with Crippen molar-refractivity contribution in [2.45, 2.75) is 58.3 Å². The summed E-state index contributed by atoms with van der Waals surface area (Å²) >= 11 is 0. The maximum Gasteiger partial charge on any atom is 0.311 e. The summed E-state index contributed by atoms with van der Waals surface area (Å²) < 4.78 is 12.5. The van der Waals surface area contributed by atoms with Crippen molar-refractivity contribution >= 4 is 25.2 Å². The predicted molar refractivity (Wildman–Crippen MR) is 75.3 cm³/mol. The summed E-state index contributed by atoms with van der Waals surface area (Å²) in [6.45, 7) is 19.5. The molecule has 0 rings (SSSR count). The van der Waals surface area contributed by atoms with Crippen molar-refractivity contribution in [1.29, 1.82) is 0 Å². The molecule has 0 heterocycles. The van der Waals surface area contributed by atoms with Gasteiger partial charge < -0.3 is 8.23 Å². The van der Waals surface area contributed by atoms with Crippen LogP contribution < -0.4 is 0 Å². The fraction of sp³-hybridized carbons (Fsp3) is 0.900. The van der Waals surface area contributed by atoms with Crippen LogP contribution >= 0.6 is 0 Å². The maximum atomic E-state index is 6.29. The van der Waals surface area contributed by atoms with Gasteiger partial charge in [-0.15, -0.1) is 0 Å². The van der Waals surface area contributed by atoms with E-state index in [4.69, 9.17) is 8.23 Å². The second-order valence-corrected chi connectivity index (χ2v) is 18.8. The molecular formula is C10H27O2Si3. The van der Waals surface area contributed by atoms with Gasteiger partial charge in [-0.1, -0.05) is 13.3 Å². The molecule has 0 bridgehead atoms. The van der Waals surface area contributed by atoms with Gasteiger partial charge in [-0.25, -0.2) is 0 Å². The molecular weight excluding hydrogens is 236 g/mol. The normalized spacial score (nSPS) is 14.4. The van der Waals surface area contributed by atoms with Crippen LogP contribution in [0, 0.1) is 6.92 Å². The van der Waals surface area contributed by atoms with E-state index in [-0.39, 0.29) is 0 Å². The Bertz CT molecular complexity index is 197. The molecule has 0 aliphatic rings. The molecule has 1 radical (unpaired) electrons. The molecule has 0 atom stereocenters. The van der Waals surface area contributed by atoms with E-state index in [1.54, 1.807) is 0 Å². The Morgan fingerprint density at radius 3 is 1.67 bits per heavy atom. The first-order valence-corrected chi connectivity index (χ1v) is 15.0. The smallest absolute Gasteiger partial charge is 0.311 e. The fourth-order valence-corrected chi connectivity index (χ4v) is 14.9. The average Bonchev–Trinajstić information content (AvgIpc) is 1.74. The first-order chi connectivity index (χ1) is 6.47. The van der Waals surface area contributed by atoms with E-state index >= 15 is 0 Å². The van der Waals surface area contributed by atoms with Crippen molar-refractivity contribution in [3.63, 3.8) is 0 Å². The monoisotopic (exact) mass is 263 g/mol. The second-order valence-electron chi connectivity index (χ2n) is 6.08. The lowest BCUT2D eigenvalue weighted by molar-refractivity contribution is 0.392. The highest BCUT2D eigenvalue weighted by atomic mass is 28.5. The van der Waals surface area contributed by atoms with E-state index in [9.17, 15) is 0 Å². The molecule has 15 heavy (non-hydrogen) atoms. The second kappa shape index (κ2) is 5.27. The summed E-state index contributed by atoms with van der Waals surface area (Å²) in [6.07, 6.45) is 0.969. The topological polar surface area (TPSA) is 18.5 Å². The summed E-state index contributed by atoms with van der Waals surface area (Å²) in [5, 5.41) is 0. The van der Waals surface area contributed by atoms with Gasteiger partial charge in [-0.05, 0) is 51.9 Å². The van der Waals surface area contributed by atoms with Gasteiger partial charge in [-0.2, -0.15) is 0 Å². The SMILES string of the molecule is [CH2]CC[Si](C)(C)O[Si](C)(C)O[Si](C)(C)C. The number of hydrogen-bond acceptors (Lipinski definition) is 2. The van der Waals surface area contributed by atoms with Crippen molar-refractivity contribution < 1.29 is 8.23 Å². The van der Waals surface area contributed by atoms with Gasteiger partial charge in [0.1, 0.15) is 0 Å². The van der Waals surface area contributed by atoms with E-state index < -0.39 is 25.2 Å². The fourth-order valence-electron chi connectivity index (χ4n) is 1.90. The number of rotatable bonds is 6. The summed E-state index contributed by atoms with van der Waals surface area (Å²) in [5.41, 5.74) is 0. The quantitative estimate of drug-likeness (QED) is 0.675. The van der Waals surface area contributed by atoms with E-state index in [1.165, 1.54) is 0 Å². The highest BCUT2D eigenvalue weighted by molar-refractivity contribution is 6.87. The van der Waals surface area contributed by atoms with Crippen molar-refractivity contribution in [2.24, 2.45) is 0 Å². The van der Waals surface area contributed by atoms with Gasteiger partial charge in [0.25, 0.3) is 0 Å². The molecule has 0 saturated carbocycles. The van der Waals surface area contributed by atoms with E-state index in [0.717, 1.165) is 12.5 Å². The van der Waals surface area contributed by atoms with Crippen LogP contribution in [-0.4, -0.2) is 25.2 Å². The maximum absolute atomic E-state index is 6.29. The molecule has 0 aromatic heterocycles. The average molecular weight is 264 g/mol. The third-order valence-electron chi connectivity index (χ3n) is 1.85. The lowest BCUT2D eigenvalue weighted by Gasteiger charge is -2.37. The molecule has 2 nitrogen and oxygen atoms in total. The van der Waals surface area contributed by atoms with Gasteiger partial charge in [-0.3, -0.25) is 0 Å². The Morgan fingerprint density at radius 2 is 1.33 bits per heavy atom. The molecule has 0 aromatic rings. The van der Waals surface area contributed by atoms with Crippen LogP contribution in [-0.2, 0) is 8.23 Å². The largest absolute Gasteiger partial charge is 0.437 e. The van der Waals surface area contributed by atoms with Gasteiger partial charge in [0.15, 0.2) is 16.6 Å². The van der Waals surface area contributed by atoms with Gasteiger partial charge >= 0.3 is 8.56 Å². The molecule has 0 amide bonds. The molecule has 0 aliphatic carbocycles. The molecule has 0 aliphatic heterocycles. The zero-order valence-corrected chi connectivity index (χ0v) is 14.4. The molecule has 5 heteroatoms. The Kier molecular flexibility index (Phi) is 5.47. The summed E-state index contributed by atoms with van der Waals surface area (Å²) in [5.74, 6) is 0. The third-order valence-corrected chi connectivity index (χ3v) is 12.0. The van der Waals surface area contributed by atoms with E-state index in [2.05, 4.69) is 52.8 Å². The zero-order valence-electron chi connectivity index (χ0n) is 11.4. The van der Waals surface area contributed by atoms with Crippen LogP contribution in [0.15, 0.2) is 0 Å². The highest BCUT2D eigenvalue weighted by Gasteiger charge is 2.37. The van der Waals surface area contributed by atoms with Crippen LogP contribution in [0.3, 0.4) is 0 Å². The van der Waals surface area contributed by atoms with Crippen LogP contribution in [0.2, 0.25) is 51.9 Å². The highest BCUT2D eigenvalue weighted by Crippen LogP contribution is 2.23. The Hall–Kier alpha value is 0.571. The molecule has 0 spiro atoms. The third kappa shape index (κ3) is 8.39. The van der Waals surface area contributed by atoms with Crippen LogP contribution in [0.1, 0.15) is 6.42 Å². The first kappa shape index (κ1) is 15.6. The summed E-state index contributed by atoms with van der Waals surface area (Å²) in [6, 6.07) is 1.12. The Balaban J connectivity index is 4.36. The summed E-state index contributed by atoms with van der Waals surface area (Å²) in [7, 11) is -4.93. The molecule has 0 fully saturated rings. The molecule has 0 saturated heterocycles. The Labute approximate surface area is 98.9 Å². The van der Waals surface area contributed by atoms with Gasteiger partial charge in [0.05, 0.1) is 0 Å². The van der Waals surface area contributed by atoms with Crippen molar-refractivity contribution in [2.75, 3.05) is 0 Å². The zero-order chi connectivity index (χ0) is 12.3. The van der Waals surface area contributed by atoms with E-state index in [1.807, 2.05) is 0 Å². The van der Waals surface area contributed by atoms with Crippen LogP contribution in [0.4, 0.5) is 0 Å². The van der Waals surface area contributed by atoms with Crippen molar-refractivity contribution in [1.82, 2.24) is 0 Å². The summed E-state index contributed by atoms with van der Waals surface area (Å²) in [4.78, 5) is 0. The lowest BCUT2D eigenvalue weighted by atomic mass is 10.6. The Morgan fingerprint density at radius 1 is 0.867 bits per heavy atom. The van der Waals surface area contributed by atoms with E-state index in [0.29, 0.717) is 0 Å². The standard InChI is InChI=1S/C10H27O2Si3/c1-9-10-14(5,6)12-15(7,8)11-13(2,3)4/h1,9-10H2,2-8H3. The lowest BCUT2D eigenvalue weighted by Crippen LogP contribution is -2.51. The van der Waals surface area contributed by atoms with Gasteiger partial charge in [0, 0.05) is 0 Å². The minimum Gasteiger partial charge on any atom is -0.437 e. The van der Waals surface area contributed by atoms with Crippen LogP contribution in [0.5, 0.6) is 0 Å². The molecule has 0 N–H and O–H groups in total. The predicted octanol–water partition coefficient (Wildman–Crippen LogP) is 3.99.